The number of aromatic nitrogens is 1. The van der Waals surface area contributed by atoms with Crippen LogP contribution in [-0.4, -0.2) is 67.3 Å². The minimum atomic E-state index is -0.338. The van der Waals surface area contributed by atoms with Crippen LogP contribution in [0.15, 0.2) is 18.3 Å². The first-order valence-electron chi connectivity index (χ1n) is 7.64. The lowest BCUT2D eigenvalue weighted by molar-refractivity contribution is -0.206. The largest absolute Gasteiger partial charge is 0.378 e. The highest BCUT2D eigenvalue weighted by atomic mass is 16.5. The van der Waals surface area contributed by atoms with E-state index in [0.29, 0.717) is 18.8 Å². The molecule has 1 spiro atoms. The highest BCUT2D eigenvalue weighted by molar-refractivity contribution is 5.93. The molecule has 0 saturated carbocycles. The Morgan fingerprint density at radius 1 is 1.36 bits per heavy atom. The summed E-state index contributed by atoms with van der Waals surface area (Å²) in [7, 11) is 3.91. The van der Waals surface area contributed by atoms with Gasteiger partial charge in [-0.25, -0.2) is 0 Å². The Labute approximate surface area is 131 Å². The van der Waals surface area contributed by atoms with Crippen LogP contribution in [0.5, 0.6) is 0 Å². The maximum absolute atomic E-state index is 12.9. The molecule has 0 atom stereocenters. The van der Waals surface area contributed by atoms with Crippen LogP contribution >= 0.6 is 0 Å². The van der Waals surface area contributed by atoms with Gasteiger partial charge in [-0.05, 0) is 26.0 Å². The zero-order chi connectivity index (χ0) is 16.0. The molecule has 0 unspecified atom stereocenters. The molecular formula is C16H24N4O2. The van der Waals surface area contributed by atoms with Crippen molar-refractivity contribution in [1.82, 2.24) is 15.2 Å². The van der Waals surface area contributed by atoms with Crippen molar-refractivity contribution in [3.63, 3.8) is 0 Å². The molecule has 2 aliphatic rings. The quantitative estimate of drug-likeness (QED) is 0.873. The van der Waals surface area contributed by atoms with Gasteiger partial charge in [-0.2, -0.15) is 0 Å². The van der Waals surface area contributed by atoms with Crippen molar-refractivity contribution in [2.24, 2.45) is 0 Å². The first kappa shape index (κ1) is 15.2. The topological polar surface area (TPSA) is 57.7 Å². The number of hydrogen-bond acceptors (Lipinski definition) is 5. The predicted molar refractivity (Wildman–Crippen MR) is 85.2 cm³/mol. The SMILES string of the molecule is CN(C)c1ccnc(C(=O)N2CC(C)(C)OC3(CNC3)C2)c1. The van der Waals surface area contributed by atoms with E-state index in [0.717, 1.165) is 18.8 Å². The molecule has 0 radical (unpaired) electrons. The van der Waals surface area contributed by atoms with Crippen molar-refractivity contribution in [1.29, 1.82) is 0 Å². The zero-order valence-electron chi connectivity index (χ0n) is 13.7. The van der Waals surface area contributed by atoms with Crippen molar-refractivity contribution in [2.75, 3.05) is 45.2 Å². The van der Waals surface area contributed by atoms with Crippen LogP contribution in [0.4, 0.5) is 5.69 Å². The summed E-state index contributed by atoms with van der Waals surface area (Å²) in [5.74, 6) is -0.0219. The van der Waals surface area contributed by atoms with E-state index in [1.165, 1.54) is 0 Å². The van der Waals surface area contributed by atoms with Gasteiger partial charge in [-0.3, -0.25) is 9.78 Å². The average molecular weight is 304 g/mol. The van der Waals surface area contributed by atoms with Crippen molar-refractivity contribution in [2.45, 2.75) is 25.0 Å². The summed E-state index contributed by atoms with van der Waals surface area (Å²) in [6, 6.07) is 3.74. The zero-order valence-corrected chi connectivity index (χ0v) is 13.7. The Bertz CT molecular complexity index is 581. The number of nitrogens with one attached hydrogen (secondary N) is 1. The Hall–Kier alpha value is -1.66. The number of ether oxygens (including phenoxy) is 1. The van der Waals surface area contributed by atoms with Crippen LogP contribution < -0.4 is 10.2 Å². The fourth-order valence-corrected chi connectivity index (χ4v) is 3.22. The molecule has 3 heterocycles. The molecule has 3 rings (SSSR count). The normalized spacial score (nSPS) is 22.3. The van der Waals surface area contributed by atoms with Crippen molar-refractivity contribution in [3.8, 4) is 0 Å². The smallest absolute Gasteiger partial charge is 0.272 e. The number of carbonyl (C=O) groups excluding carboxylic acids is 1. The second kappa shape index (κ2) is 5.21. The number of morpholine rings is 1. The minimum absolute atomic E-state index is 0.0219. The van der Waals surface area contributed by atoms with Crippen molar-refractivity contribution in [3.05, 3.63) is 24.0 Å². The lowest BCUT2D eigenvalue weighted by Crippen LogP contribution is -2.73. The van der Waals surface area contributed by atoms with Gasteiger partial charge >= 0.3 is 0 Å². The molecule has 0 aliphatic carbocycles. The van der Waals surface area contributed by atoms with E-state index >= 15 is 0 Å². The van der Waals surface area contributed by atoms with Gasteiger partial charge < -0.3 is 19.9 Å². The fraction of sp³-hybridized carbons (Fsp3) is 0.625. The monoisotopic (exact) mass is 304 g/mol. The van der Waals surface area contributed by atoms with Crippen LogP contribution in [-0.2, 0) is 4.74 Å². The molecule has 6 nitrogen and oxygen atoms in total. The third-order valence-corrected chi connectivity index (χ3v) is 4.20. The summed E-state index contributed by atoms with van der Waals surface area (Å²) in [5.41, 5.74) is 0.892. The number of nitrogens with zero attached hydrogens (tertiary/aromatic N) is 3. The van der Waals surface area contributed by atoms with E-state index in [1.807, 2.05) is 49.9 Å². The van der Waals surface area contributed by atoms with E-state index in [-0.39, 0.29) is 17.1 Å². The third-order valence-electron chi connectivity index (χ3n) is 4.20. The molecule has 120 valence electrons. The molecule has 2 fully saturated rings. The van der Waals surface area contributed by atoms with Crippen LogP contribution in [0, 0.1) is 0 Å². The lowest BCUT2D eigenvalue weighted by Gasteiger charge is -2.54. The third kappa shape index (κ3) is 2.80. The van der Waals surface area contributed by atoms with Crippen LogP contribution in [0.3, 0.4) is 0 Å². The summed E-state index contributed by atoms with van der Waals surface area (Å²) in [5, 5.41) is 3.25. The average Bonchev–Trinajstić information content (AvgIpc) is 2.43. The molecule has 1 amide bonds. The molecule has 6 heteroatoms. The highest BCUT2D eigenvalue weighted by Crippen LogP contribution is 2.32. The Morgan fingerprint density at radius 2 is 2.09 bits per heavy atom. The molecule has 1 N–H and O–H groups in total. The van der Waals surface area contributed by atoms with Gasteiger partial charge in [-0.1, -0.05) is 0 Å². The highest BCUT2D eigenvalue weighted by Gasteiger charge is 2.49. The van der Waals surface area contributed by atoms with E-state index in [1.54, 1.807) is 6.20 Å². The van der Waals surface area contributed by atoms with Crippen LogP contribution in [0.1, 0.15) is 24.3 Å². The number of rotatable bonds is 2. The summed E-state index contributed by atoms with van der Waals surface area (Å²) in [6.45, 7) is 6.88. The second-order valence-electron chi connectivity index (χ2n) is 7.10. The van der Waals surface area contributed by atoms with Crippen LogP contribution in [0.25, 0.3) is 0 Å². The van der Waals surface area contributed by atoms with Gasteiger partial charge in [0.05, 0.1) is 12.1 Å². The molecule has 22 heavy (non-hydrogen) atoms. The first-order valence-corrected chi connectivity index (χ1v) is 7.64. The van der Waals surface area contributed by atoms with E-state index in [2.05, 4.69) is 10.3 Å². The van der Waals surface area contributed by atoms with E-state index in [4.69, 9.17) is 4.74 Å². The molecule has 2 aliphatic heterocycles. The first-order chi connectivity index (χ1) is 10.3. The second-order valence-corrected chi connectivity index (χ2v) is 7.10. The van der Waals surface area contributed by atoms with Gasteiger partial charge in [0.2, 0.25) is 0 Å². The molecule has 0 aromatic carbocycles. The van der Waals surface area contributed by atoms with Gasteiger partial charge in [0.25, 0.3) is 5.91 Å². The number of anilines is 1. The lowest BCUT2D eigenvalue weighted by atomic mass is 9.90. The Kier molecular flexibility index (Phi) is 3.61. The maximum Gasteiger partial charge on any atom is 0.272 e. The van der Waals surface area contributed by atoms with E-state index in [9.17, 15) is 4.79 Å². The molecule has 1 aromatic rings. The van der Waals surface area contributed by atoms with Crippen molar-refractivity contribution >= 4 is 11.6 Å². The molecular weight excluding hydrogens is 280 g/mol. The molecule has 1 aromatic heterocycles. The number of pyridine rings is 1. The summed E-state index contributed by atoms with van der Waals surface area (Å²) in [6.07, 6.45) is 1.69. The standard InChI is InChI=1S/C16H24N4O2/c1-15(2)10-20(11-16(22-15)8-17-9-16)14(21)13-7-12(19(3)4)5-6-18-13/h5-7,17H,8-11H2,1-4H3. The Morgan fingerprint density at radius 3 is 2.68 bits per heavy atom. The minimum Gasteiger partial charge on any atom is -0.378 e. The number of amides is 1. The summed E-state index contributed by atoms with van der Waals surface area (Å²) in [4.78, 5) is 21.0. The Balaban J connectivity index is 1.83. The maximum atomic E-state index is 12.9. The number of hydrogen-bond donors (Lipinski definition) is 1. The molecule has 2 saturated heterocycles. The van der Waals surface area contributed by atoms with Gasteiger partial charge in [0.1, 0.15) is 11.3 Å². The van der Waals surface area contributed by atoms with Gasteiger partial charge in [-0.15, -0.1) is 0 Å². The van der Waals surface area contributed by atoms with Crippen LogP contribution in [0.2, 0.25) is 0 Å². The molecule has 0 bridgehead atoms. The number of carbonyl (C=O) groups is 1. The van der Waals surface area contributed by atoms with Crippen molar-refractivity contribution < 1.29 is 9.53 Å². The fourth-order valence-electron chi connectivity index (χ4n) is 3.22. The summed E-state index contributed by atoms with van der Waals surface area (Å²) >= 11 is 0. The van der Waals surface area contributed by atoms with E-state index < -0.39 is 0 Å². The summed E-state index contributed by atoms with van der Waals surface area (Å²) < 4.78 is 6.19. The van der Waals surface area contributed by atoms with Gasteiger partial charge in [0, 0.05) is 45.6 Å². The van der Waals surface area contributed by atoms with Gasteiger partial charge in [0.15, 0.2) is 0 Å². The predicted octanol–water partition coefficient (Wildman–Crippen LogP) is 0.741.